The molecule has 0 radical (unpaired) electrons. The fraction of sp³-hybridized carbons (Fsp3) is 0.200. The maximum atomic E-state index is 13.8. The van der Waals surface area contributed by atoms with E-state index >= 15 is 0 Å². The fourth-order valence-corrected chi connectivity index (χ4v) is 2.07. The molecular formula is C20H15F5O. The van der Waals surface area contributed by atoms with Crippen LogP contribution >= 0.6 is 0 Å². The van der Waals surface area contributed by atoms with Crippen molar-refractivity contribution < 1.29 is 26.7 Å². The maximum absolute atomic E-state index is 13.8. The van der Waals surface area contributed by atoms with E-state index in [1.165, 1.54) is 24.3 Å². The van der Waals surface area contributed by atoms with Crippen LogP contribution in [-0.2, 0) is 0 Å². The molecule has 0 bridgehead atoms. The van der Waals surface area contributed by atoms with Gasteiger partial charge in [0.1, 0.15) is 11.6 Å². The lowest BCUT2D eigenvalue weighted by molar-refractivity contribution is -0.274. The average molecular weight is 366 g/mol. The average Bonchev–Trinajstić information content (AvgIpc) is 2.60. The molecule has 0 saturated heterocycles. The molecule has 6 heteroatoms. The van der Waals surface area contributed by atoms with Gasteiger partial charge in [-0.1, -0.05) is 30.9 Å². The van der Waals surface area contributed by atoms with Crippen molar-refractivity contribution in [3.8, 4) is 17.6 Å². The molecule has 136 valence electrons. The first-order valence-electron chi connectivity index (χ1n) is 7.81. The summed E-state index contributed by atoms with van der Waals surface area (Å²) < 4.78 is 67.4. The SMILES string of the molecule is CCCC(F)=C(F)c1ccc(C#Cc2ccc(OC(F)(F)F)cc2)cc1. The van der Waals surface area contributed by atoms with E-state index < -0.39 is 18.0 Å². The van der Waals surface area contributed by atoms with E-state index in [-0.39, 0.29) is 17.7 Å². The lowest BCUT2D eigenvalue weighted by atomic mass is 10.1. The van der Waals surface area contributed by atoms with Gasteiger partial charge in [0.2, 0.25) is 0 Å². The number of ether oxygens (including phenoxy) is 1. The predicted molar refractivity (Wildman–Crippen MR) is 89.6 cm³/mol. The predicted octanol–water partition coefficient (Wildman–Crippen LogP) is 6.39. The highest BCUT2D eigenvalue weighted by Gasteiger charge is 2.30. The van der Waals surface area contributed by atoms with Crippen LogP contribution in [0.1, 0.15) is 36.5 Å². The largest absolute Gasteiger partial charge is 0.573 e. The summed E-state index contributed by atoms with van der Waals surface area (Å²) >= 11 is 0. The molecule has 0 amide bonds. The van der Waals surface area contributed by atoms with Gasteiger partial charge in [-0.3, -0.25) is 0 Å². The van der Waals surface area contributed by atoms with Gasteiger partial charge in [-0.2, -0.15) is 0 Å². The van der Waals surface area contributed by atoms with Gasteiger partial charge in [-0.15, -0.1) is 13.2 Å². The van der Waals surface area contributed by atoms with Crippen molar-refractivity contribution in [2.45, 2.75) is 26.1 Å². The van der Waals surface area contributed by atoms with Crippen molar-refractivity contribution in [3.63, 3.8) is 0 Å². The first-order valence-corrected chi connectivity index (χ1v) is 7.81. The van der Waals surface area contributed by atoms with E-state index in [0.29, 0.717) is 17.5 Å². The first-order chi connectivity index (χ1) is 12.3. The molecule has 0 aliphatic carbocycles. The van der Waals surface area contributed by atoms with Crippen LogP contribution in [0.5, 0.6) is 5.75 Å². The van der Waals surface area contributed by atoms with E-state index in [4.69, 9.17) is 0 Å². The summed E-state index contributed by atoms with van der Waals surface area (Å²) in [6.45, 7) is 1.76. The standard InChI is InChI=1S/C20H15F5O/c1-2-3-18(21)19(22)16-10-6-14(7-11-16)4-5-15-8-12-17(13-9-15)26-20(23,24)25/h6-13H,2-3H2,1H3. The van der Waals surface area contributed by atoms with Crippen LogP contribution in [0.3, 0.4) is 0 Å². The Morgan fingerprint density at radius 3 is 1.85 bits per heavy atom. The third-order valence-electron chi connectivity index (χ3n) is 3.29. The minimum atomic E-state index is -4.74. The van der Waals surface area contributed by atoms with Crippen LogP contribution in [0.25, 0.3) is 5.83 Å². The molecule has 0 aliphatic heterocycles. The van der Waals surface area contributed by atoms with Crippen LogP contribution in [0.4, 0.5) is 22.0 Å². The molecule has 0 spiro atoms. The summed E-state index contributed by atoms with van der Waals surface area (Å²) in [6, 6.07) is 11.1. The highest BCUT2D eigenvalue weighted by Crippen LogP contribution is 2.25. The molecular weight excluding hydrogens is 351 g/mol. The van der Waals surface area contributed by atoms with E-state index in [1.807, 2.05) is 0 Å². The van der Waals surface area contributed by atoms with Gasteiger partial charge in [0.05, 0.1) is 0 Å². The van der Waals surface area contributed by atoms with Crippen molar-refractivity contribution in [2.75, 3.05) is 0 Å². The van der Waals surface area contributed by atoms with E-state index in [1.54, 1.807) is 19.1 Å². The molecule has 0 N–H and O–H groups in total. The monoisotopic (exact) mass is 366 g/mol. The second-order valence-corrected chi connectivity index (χ2v) is 5.37. The third-order valence-corrected chi connectivity index (χ3v) is 3.29. The van der Waals surface area contributed by atoms with Gasteiger partial charge in [0.25, 0.3) is 0 Å². The molecule has 0 unspecified atom stereocenters. The van der Waals surface area contributed by atoms with Gasteiger partial charge in [-0.25, -0.2) is 8.78 Å². The van der Waals surface area contributed by atoms with Crippen LogP contribution < -0.4 is 4.74 Å². The molecule has 2 aromatic carbocycles. The number of hydrogen-bond donors (Lipinski definition) is 0. The Hall–Kier alpha value is -2.81. The van der Waals surface area contributed by atoms with Crippen LogP contribution in [0, 0.1) is 11.8 Å². The zero-order chi connectivity index (χ0) is 19.2. The van der Waals surface area contributed by atoms with Crippen molar-refractivity contribution >= 4 is 5.83 Å². The smallest absolute Gasteiger partial charge is 0.406 e. The van der Waals surface area contributed by atoms with E-state index in [2.05, 4.69) is 16.6 Å². The number of allylic oxidation sites excluding steroid dienone is 1. The Morgan fingerprint density at radius 2 is 1.38 bits per heavy atom. The Kier molecular flexibility index (Phi) is 6.40. The van der Waals surface area contributed by atoms with Crippen molar-refractivity contribution in [1.82, 2.24) is 0 Å². The van der Waals surface area contributed by atoms with Gasteiger partial charge >= 0.3 is 6.36 Å². The quantitative estimate of drug-likeness (QED) is 0.450. The second-order valence-electron chi connectivity index (χ2n) is 5.37. The maximum Gasteiger partial charge on any atom is 0.573 e. The van der Waals surface area contributed by atoms with E-state index in [9.17, 15) is 22.0 Å². The molecule has 0 aromatic heterocycles. The zero-order valence-electron chi connectivity index (χ0n) is 13.8. The summed E-state index contributed by atoms with van der Waals surface area (Å²) in [5, 5.41) is 0. The van der Waals surface area contributed by atoms with Crippen LogP contribution in [0.15, 0.2) is 54.4 Å². The van der Waals surface area contributed by atoms with Crippen LogP contribution in [0.2, 0.25) is 0 Å². The van der Waals surface area contributed by atoms with Crippen LogP contribution in [-0.4, -0.2) is 6.36 Å². The Labute approximate surface area is 148 Å². The normalized spacial score (nSPS) is 12.1. The zero-order valence-corrected chi connectivity index (χ0v) is 13.8. The second kappa shape index (κ2) is 8.52. The molecule has 0 heterocycles. The molecule has 0 atom stereocenters. The number of rotatable bonds is 4. The highest BCUT2D eigenvalue weighted by atomic mass is 19.4. The van der Waals surface area contributed by atoms with Crippen molar-refractivity contribution in [3.05, 3.63) is 71.0 Å². The van der Waals surface area contributed by atoms with E-state index in [0.717, 1.165) is 12.1 Å². The Bertz CT molecular complexity index is 822. The highest BCUT2D eigenvalue weighted by molar-refractivity contribution is 5.62. The molecule has 0 aliphatic rings. The minimum Gasteiger partial charge on any atom is -0.406 e. The summed E-state index contributed by atoms with van der Waals surface area (Å²) in [5.41, 5.74) is 1.19. The topological polar surface area (TPSA) is 9.23 Å². The van der Waals surface area contributed by atoms with Gasteiger partial charge in [0.15, 0.2) is 5.83 Å². The molecule has 0 saturated carbocycles. The summed E-state index contributed by atoms with van der Waals surface area (Å²) in [4.78, 5) is 0. The first kappa shape index (κ1) is 19.5. The molecule has 26 heavy (non-hydrogen) atoms. The molecule has 0 fully saturated rings. The summed E-state index contributed by atoms with van der Waals surface area (Å²) in [7, 11) is 0. The molecule has 2 aromatic rings. The minimum absolute atomic E-state index is 0.0431. The van der Waals surface area contributed by atoms with Crippen molar-refractivity contribution in [2.24, 2.45) is 0 Å². The third kappa shape index (κ3) is 5.92. The lowest BCUT2D eigenvalue weighted by Gasteiger charge is -2.07. The number of alkyl halides is 3. The van der Waals surface area contributed by atoms with Gasteiger partial charge in [-0.05, 0) is 42.8 Å². The number of hydrogen-bond acceptors (Lipinski definition) is 1. The van der Waals surface area contributed by atoms with Crippen molar-refractivity contribution in [1.29, 1.82) is 0 Å². The fourth-order valence-electron chi connectivity index (χ4n) is 2.07. The Balaban J connectivity index is 2.09. The lowest BCUT2D eigenvalue weighted by Crippen LogP contribution is -2.16. The number of halogens is 5. The van der Waals surface area contributed by atoms with Gasteiger partial charge < -0.3 is 4.74 Å². The molecule has 2 rings (SSSR count). The summed E-state index contributed by atoms with van der Waals surface area (Å²) in [6.07, 6.45) is -4.19. The summed E-state index contributed by atoms with van der Waals surface area (Å²) in [5.74, 6) is 3.58. The number of benzene rings is 2. The van der Waals surface area contributed by atoms with Gasteiger partial charge in [0, 0.05) is 23.1 Å². The molecule has 1 nitrogen and oxygen atoms in total. The Morgan fingerprint density at radius 1 is 0.885 bits per heavy atom.